The van der Waals surface area contributed by atoms with Crippen LogP contribution < -0.4 is 18.9 Å². The van der Waals surface area contributed by atoms with E-state index in [-0.39, 0.29) is 12.0 Å². The van der Waals surface area contributed by atoms with E-state index in [4.69, 9.17) is 18.9 Å². The second kappa shape index (κ2) is 12.5. The van der Waals surface area contributed by atoms with Gasteiger partial charge in [-0.2, -0.15) is 0 Å². The van der Waals surface area contributed by atoms with Crippen molar-refractivity contribution in [2.75, 3.05) is 33.9 Å². The summed E-state index contributed by atoms with van der Waals surface area (Å²) in [4.78, 5) is 13.9. The van der Waals surface area contributed by atoms with Gasteiger partial charge in [-0.1, -0.05) is 42.5 Å². The lowest BCUT2D eigenvalue weighted by molar-refractivity contribution is -0.143. The minimum Gasteiger partial charge on any atom is -0.493 e. The van der Waals surface area contributed by atoms with Crippen LogP contribution in [0.15, 0.2) is 66.7 Å². The summed E-state index contributed by atoms with van der Waals surface area (Å²) >= 11 is 0. The van der Waals surface area contributed by atoms with Crippen molar-refractivity contribution in [2.24, 2.45) is 5.92 Å². The van der Waals surface area contributed by atoms with Crippen molar-refractivity contribution < 1.29 is 28.8 Å². The van der Waals surface area contributed by atoms with Crippen molar-refractivity contribution in [1.29, 1.82) is 0 Å². The molecule has 7 heteroatoms. The van der Waals surface area contributed by atoms with Crippen LogP contribution in [0.3, 0.4) is 0 Å². The topological polar surface area (TPSA) is 77.5 Å². The monoisotopic (exact) mass is 505 g/mol. The summed E-state index contributed by atoms with van der Waals surface area (Å²) in [7, 11) is 3.25. The van der Waals surface area contributed by atoms with Crippen molar-refractivity contribution in [3.63, 3.8) is 0 Å². The maximum atomic E-state index is 11.6. The van der Waals surface area contributed by atoms with E-state index in [1.54, 1.807) is 14.2 Å². The minimum atomic E-state index is -0.721. The Morgan fingerprint density at radius 1 is 0.865 bits per heavy atom. The lowest BCUT2D eigenvalue weighted by Gasteiger charge is -2.37. The Balaban J connectivity index is 1.68. The third-order valence-corrected chi connectivity index (χ3v) is 6.79. The van der Waals surface area contributed by atoms with Crippen molar-refractivity contribution in [3.05, 3.63) is 83.4 Å². The molecule has 1 fully saturated rings. The predicted octanol–water partition coefficient (Wildman–Crippen LogP) is 5.57. The first-order chi connectivity index (χ1) is 18.0. The van der Waals surface area contributed by atoms with E-state index in [1.807, 2.05) is 67.6 Å². The first-order valence-corrected chi connectivity index (χ1v) is 12.7. The molecule has 1 aliphatic rings. The van der Waals surface area contributed by atoms with Crippen LogP contribution in [-0.2, 0) is 11.4 Å². The van der Waals surface area contributed by atoms with Gasteiger partial charge in [0, 0.05) is 0 Å². The molecule has 0 radical (unpaired) electrons. The second-order valence-corrected chi connectivity index (χ2v) is 9.08. The molecule has 1 unspecified atom stereocenters. The van der Waals surface area contributed by atoms with Gasteiger partial charge in [0.1, 0.15) is 6.61 Å². The average Bonchev–Trinajstić information content (AvgIpc) is 2.93. The standard InChI is InChI=1S/C30H35NO6/c1-4-36-28-19-24(11-13-26(28)37-20-21-8-6-5-7-9-21)29(31-16-14-22(15-17-31)30(32)33)23-10-12-25(34-2)27(18-23)35-3/h5-13,18-19,22,29H,4,14-17,20H2,1-3H3,(H,32,33). The van der Waals surface area contributed by atoms with Crippen LogP contribution in [0.1, 0.15) is 42.5 Å². The Morgan fingerprint density at radius 3 is 2.08 bits per heavy atom. The normalized spacial score (nSPS) is 15.1. The molecule has 1 aliphatic heterocycles. The molecule has 0 aromatic heterocycles. The summed E-state index contributed by atoms with van der Waals surface area (Å²) in [5, 5.41) is 9.50. The molecule has 7 nitrogen and oxygen atoms in total. The number of ether oxygens (including phenoxy) is 4. The van der Waals surface area contributed by atoms with Crippen molar-refractivity contribution in [3.8, 4) is 23.0 Å². The minimum absolute atomic E-state index is 0.114. The van der Waals surface area contributed by atoms with E-state index in [2.05, 4.69) is 11.0 Å². The van der Waals surface area contributed by atoms with Gasteiger partial charge in [-0.25, -0.2) is 0 Å². The van der Waals surface area contributed by atoms with Gasteiger partial charge < -0.3 is 24.1 Å². The number of likely N-dealkylation sites (tertiary alicyclic amines) is 1. The zero-order valence-corrected chi connectivity index (χ0v) is 21.7. The summed E-state index contributed by atoms with van der Waals surface area (Å²) in [6.45, 7) is 4.26. The molecule has 196 valence electrons. The fourth-order valence-electron chi connectivity index (χ4n) is 4.86. The van der Waals surface area contributed by atoms with Crippen LogP contribution in [-0.4, -0.2) is 49.9 Å². The van der Waals surface area contributed by atoms with Crippen LogP contribution in [0.25, 0.3) is 0 Å². The smallest absolute Gasteiger partial charge is 0.306 e. The third-order valence-electron chi connectivity index (χ3n) is 6.79. The van der Waals surface area contributed by atoms with Gasteiger partial charge in [0.2, 0.25) is 0 Å². The molecule has 1 atom stereocenters. The van der Waals surface area contributed by atoms with Gasteiger partial charge in [0.15, 0.2) is 23.0 Å². The Hall–Kier alpha value is -3.71. The van der Waals surface area contributed by atoms with Gasteiger partial charge >= 0.3 is 5.97 Å². The summed E-state index contributed by atoms with van der Waals surface area (Å²) in [5.74, 6) is 1.65. The zero-order chi connectivity index (χ0) is 26.2. The molecule has 1 heterocycles. The summed E-state index contributed by atoms with van der Waals surface area (Å²) in [5.41, 5.74) is 3.15. The fourth-order valence-corrected chi connectivity index (χ4v) is 4.86. The van der Waals surface area contributed by atoms with E-state index < -0.39 is 5.97 Å². The first kappa shape index (κ1) is 26.4. The second-order valence-electron chi connectivity index (χ2n) is 9.08. The van der Waals surface area contributed by atoms with Crippen LogP contribution in [0.2, 0.25) is 0 Å². The van der Waals surface area contributed by atoms with Gasteiger partial charge in [-0.05, 0) is 73.8 Å². The number of aliphatic carboxylic acids is 1. The first-order valence-electron chi connectivity index (χ1n) is 12.7. The highest BCUT2D eigenvalue weighted by Gasteiger charge is 2.31. The summed E-state index contributed by atoms with van der Waals surface area (Å²) < 4.78 is 23.2. The molecule has 1 saturated heterocycles. The maximum Gasteiger partial charge on any atom is 0.306 e. The van der Waals surface area contributed by atoms with Crippen LogP contribution in [0.5, 0.6) is 23.0 Å². The number of benzene rings is 3. The number of carboxylic acids is 1. The Labute approximate surface area is 218 Å². The molecular weight excluding hydrogens is 470 g/mol. The summed E-state index contributed by atoms with van der Waals surface area (Å²) in [6.07, 6.45) is 1.21. The molecule has 1 N–H and O–H groups in total. The maximum absolute atomic E-state index is 11.6. The molecule has 0 spiro atoms. The Kier molecular flexibility index (Phi) is 8.90. The molecule has 0 aliphatic carbocycles. The number of rotatable bonds is 11. The fraction of sp³-hybridized carbons (Fsp3) is 0.367. The third kappa shape index (κ3) is 6.35. The lowest BCUT2D eigenvalue weighted by Crippen LogP contribution is -2.39. The molecular formula is C30H35NO6. The average molecular weight is 506 g/mol. The van der Waals surface area contributed by atoms with Crippen LogP contribution >= 0.6 is 0 Å². The number of piperidine rings is 1. The number of methoxy groups -OCH3 is 2. The van der Waals surface area contributed by atoms with Crippen molar-refractivity contribution >= 4 is 5.97 Å². The number of hydrogen-bond donors (Lipinski definition) is 1. The van der Waals surface area contributed by atoms with Gasteiger partial charge in [-0.3, -0.25) is 9.69 Å². The highest BCUT2D eigenvalue weighted by molar-refractivity contribution is 5.70. The van der Waals surface area contributed by atoms with Crippen molar-refractivity contribution in [1.82, 2.24) is 4.90 Å². The van der Waals surface area contributed by atoms with Gasteiger partial charge in [-0.15, -0.1) is 0 Å². The van der Waals surface area contributed by atoms with Crippen molar-refractivity contribution in [2.45, 2.75) is 32.4 Å². The summed E-state index contributed by atoms with van der Waals surface area (Å²) in [6, 6.07) is 21.9. The highest BCUT2D eigenvalue weighted by atomic mass is 16.5. The van der Waals surface area contributed by atoms with E-state index in [1.165, 1.54) is 0 Å². The van der Waals surface area contributed by atoms with Crippen LogP contribution in [0, 0.1) is 5.92 Å². The molecule has 0 amide bonds. The molecule has 37 heavy (non-hydrogen) atoms. The lowest BCUT2D eigenvalue weighted by atomic mass is 9.91. The number of carboxylic acid groups (broad SMARTS) is 1. The molecule has 3 aromatic carbocycles. The number of nitrogens with zero attached hydrogens (tertiary/aromatic N) is 1. The van der Waals surface area contributed by atoms with E-state index in [0.717, 1.165) is 16.7 Å². The molecule has 3 aromatic rings. The van der Waals surface area contributed by atoms with E-state index in [9.17, 15) is 9.90 Å². The quantitative estimate of drug-likeness (QED) is 0.365. The number of carbonyl (C=O) groups is 1. The molecule has 4 rings (SSSR count). The van der Waals surface area contributed by atoms with Gasteiger partial charge in [0.05, 0.1) is 32.8 Å². The Morgan fingerprint density at radius 2 is 1.49 bits per heavy atom. The highest BCUT2D eigenvalue weighted by Crippen LogP contribution is 2.40. The van der Waals surface area contributed by atoms with Gasteiger partial charge in [0.25, 0.3) is 0 Å². The SMILES string of the molecule is CCOc1cc(C(c2ccc(OC)c(OC)c2)N2CCC(C(=O)O)CC2)ccc1OCc1ccccc1. The number of hydrogen-bond acceptors (Lipinski definition) is 6. The molecule has 0 bridgehead atoms. The zero-order valence-electron chi connectivity index (χ0n) is 21.7. The largest absolute Gasteiger partial charge is 0.493 e. The van der Waals surface area contributed by atoms with E-state index >= 15 is 0 Å². The Bertz CT molecular complexity index is 1170. The van der Waals surface area contributed by atoms with Crippen LogP contribution in [0.4, 0.5) is 0 Å². The molecule has 0 saturated carbocycles. The van der Waals surface area contributed by atoms with E-state index in [0.29, 0.717) is 62.1 Å². The predicted molar refractivity (Wildman–Crippen MR) is 142 cm³/mol.